The van der Waals surface area contributed by atoms with Gasteiger partial charge in [0.15, 0.2) is 5.75 Å². The van der Waals surface area contributed by atoms with Gasteiger partial charge in [0.2, 0.25) is 5.52 Å². The molecule has 0 spiro atoms. The van der Waals surface area contributed by atoms with Crippen molar-refractivity contribution in [2.75, 3.05) is 0 Å². The topological polar surface area (TPSA) is 51.2 Å². The van der Waals surface area contributed by atoms with E-state index >= 15 is 0 Å². The fraction of sp³-hybridized carbons (Fsp3) is 0.143. The number of benzene rings is 2. The molecular formula is C14H12N3O2+. The Kier molecular flexibility index (Phi) is 1.90. The molecule has 0 aliphatic carbocycles. The lowest BCUT2D eigenvalue weighted by molar-refractivity contribution is -0.923. The lowest BCUT2D eigenvalue weighted by Crippen LogP contribution is -2.51. The van der Waals surface area contributed by atoms with Crippen molar-refractivity contribution in [3.63, 3.8) is 0 Å². The van der Waals surface area contributed by atoms with Crippen LogP contribution in [0.1, 0.15) is 11.1 Å². The molecule has 94 valence electrons. The second-order valence-electron chi connectivity index (χ2n) is 4.74. The Balaban J connectivity index is 1.96. The van der Waals surface area contributed by atoms with E-state index < -0.39 is 0 Å². The van der Waals surface area contributed by atoms with Crippen LogP contribution in [0, 0.1) is 6.92 Å². The van der Waals surface area contributed by atoms with Crippen LogP contribution in [-0.4, -0.2) is 15.0 Å². The van der Waals surface area contributed by atoms with E-state index in [1.807, 2.05) is 37.3 Å². The van der Waals surface area contributed by atoms with Crippen molar-refractivity contribution in [2.45, 2.75) is 13.5 Å². The summed E-state index contributed by atoms with van der Waals surface area (Å²) in [6, 6.07) is 11.4. The summed E-state index contributed by atoms with van der Waals surface area (Å²) in [6.07, 6.45) is 0. The predicted molar refractivity (Wildman–Crippen MR) is 67.9 cm³/mol. The van der Waals surface area contributed by atoms with Crippen LogP contribution in [0.4, 0.5) is 0 Å². The average Bonchev–Trinajstić information content (AvgIpc) is 2.74. The molecule has 0 bridgehead atoms. The number of hydrogen-bond donors (Lipinski definition) is 1. The molecular weight excluding hydrogens is 242 g/mol. The number of para-hydroxylation sites is 1. The Bertz CT molecular complexity index is 808. The van der Waals surface area contributed by atoms with Gasteiger partial charge in [0.05, 0.1) is 10.7 Å². The standard InChI is InChI=1S/C14H11N3O2/c1-9-6-13(18)10-8-16-15-11-4-2-3-5-12(11)17(16)19-14(10)7-9/h2-7H,8H2,1H3/p+1. The van der Waals surface area contributed by atoms with Crippen molar-refractivity contribution in [3.05, 3.63) is 47.5 Å². The molecule has 3 aromatic rings. The first-order chi connectivity index (χ1) is 9.22. The van der Waals surface area contributed by atoms with Crippen LogP contribution in [0.3, 0.4) is 0 Å². The maximum Gasteiger partial charge on any atom is 0.253 e. The molecule has 0 atom stereocenters. The van der Waals surface area contributed by atoms with Crippen LogP contribution in [-0.2, 0) is 6.54 Å². The van der Waals surface area contributed by atoms with Gasteiger partial charge in [-0.2, -0.15) is 0 Å². The summed E-state index contributed by atoms with van der Waals surface area (Å²) in [4.78, 5) is 9.22. The Labute approximate surface area is 109 Å². The normalized spacial score (nSPS) is 12.9. The van der Waals surface area contributed by atoms with Crippen LogP contribution in [0.5, 0.6) is 11.5 Å². The molecule has 5 nitrogen and oxygen atoms in total. The molecule has 5 heteroatoms. The second kappa shape index (κ2) is 3.47. The first-order valence-electron chi connectivity index (χ1n) is 6.11. The van der Waals surface area contributed by atoms with Gasteiger partial charge in [-0.15, -0.1) is 0 Å². The summed E-state index contributed by atoms with van der Waals surface area (Å²) < 4.78 is 0. The van der Waals surface area contributed by atoms with Crippen molar-refractivity contribution in [2.24, 2.45) is 0 Å². The van der Waals surface area contributed by atoms with E-state index in [1.165, 1.54) is 0 Å². The van der Waals surface area contributed by atoms with Crippen molar-refractivity contribution in [1.82, 2.24) is 9.90 Å². The van der Waals surface area contributed by atoms with Gasteiger partial charge >= 0.3 is 0 Å². The summed E-state index contributed by atoms with van der Waals surface area (Å²) in [5.74, 6) is 0.932. The summed E-state index contributed by atoms with van der Waals surface area (Å²) in [5.41, 5.74) is 3.51. The number of nitrogens with zero attached hydrogens (tertiary/aromatic N) is 3. The van der Waals surface area contributed by atoms with Crippen molar-refractivity contribution in [1.29, 1.82) is 0 Å². The highest BCUT2D eigenvalue weighted by Crippen LogP contribution is 2.31. The van der Waals surface area contributed by atoms with Crippen molar-refractivity contribution < 1.29 is 14.8 Å². The van der Waals surface area contributed by atoms with Crippen molar-refractivity contribution in [3.8, 4) is 11.5 Å². The van der Waals surface area contributed by atoms with E-state index in [1.54, 1.807) is 15.7 Å². The zero-order valence-electron chi connectivity index (χ0n) is 10.4. The fourth-order valence-electron chi connectivity index (χ4n) is 2.44. The fourth-order valence-corrected chi connectivity index (χ4v) is 2.44. The van der Waals surface area contributed by atoms with Crippen LogP contribution < -0.4 is 9.68 Å². The molecule has 19 heavy (non-hydrogen) atoms. The molecule has 0 amide bonds. The van der Waals surface area contributed by atoms with Gasteiger partial charge in [-0.05, 0) is 41.5 Å². The van der Waals surface area contributed by atoms with Crippen LogP contribution in [0.15, 0.2) is 36.4 Å². The monoisotopic (exact) mass is 254 g/mol. The van der Waals surface area contributed by atoms with E-state index in [2.05, 4.69) is 5.10 Å². The van der Waals surface area contributed by atoms with E-state index in [0.717, 1.165) is 22.2 Å². The van der Waals surface area contributed by atoms with Gasteiger partial charge in [-0.1, -0.05) is 12.1 Å². The average molecular weight is 254 g/mol. The maximum absolute atomic E-state index is 10.0. The molecule has 1 N–H and O–H groups in total. The van der Waals surface area contributed by atoms with Crippen LogP contribution >= 0.6 is 0 Å². The maximum atomic E-state index is 10.0. The van der Waals surface area contributed by atoms with E-state index in [9.17, 15) is 5.11 Å². The molecule has 0 saturated carbocycles. The van der Waals surface area contributed by atoms with Gasteiger partial charge < -0.3 is 5.11 Å². The van der Waals surface area contributed by atoms with Crippen molar-refractivity contribution >= 4 is 11.0 Å². The van der Waals surface area contributed by atoms with E-state index in [4.69, 9.17) is 4.84 Å². The molecule has 1 aromatic heterocycles. The molecule has 1 aliphatic rings. The zero-order chi connectivity index (χ0) is 13.0. The molecule has 4 rings (SSSR count). The third-order valence-corrected chi connectivity index (χ3v) is 3.33. The van der Waals surface area contributed by atoms with Gasteiger partial charge in [0.1, 0.15) is 12.3 Å². The third-order valence-electron chi connectivity index (χ3n) is 3.33. The number of aromatic nitrogens is 3. The number of fused-ring (bicyclic) bond motifs is 4. The summed E-state index contributed by atoms with van der Waals surface area (Å²) in [7, 11) is 0. The Hall–Kier alpha value is -2.56. The summed E-state index contributed by atoms with van der Waals surface area (Å²) in [5, 5.41) is 14.5. The lowest BCUT2D eigenvalue weighted by Gasteiger charge is -2.15. The SMILES string of the molecule is Cc1cc(O)c2c(c1)O[n+]1c3ccccc3nn1C2. The number of rotatable bonds is 0. The highest BCUT2D eigenvalue weighted by atomic mass is 16.7. The number of hydrogen-bond acceptors (Lipinski definition) is 3. The number of phenolic OH excluding ortho intramolecular Hbond substituents is 1. The zero-order valence-corrected chi connectivity index (χ0v) is 10.4. The number of aromatic hydroxyl groups is 1. The Morgan fingerprint density at radius 1 is 1.32 bits per heavy atom. The highest BCUT2D eigenvalue weighted by Gasteiger charge is 2.29. The lowest BCUT2D eigenvalue weighted by atomic mass is 10.1. The Morgan fingerprint density at radius 3 is 3.05 bits per heavy atom. The molecule has 2 heterocycles. The molecule has 2 aromatic carbocycles. The largest absolute Gasteiger partial charge is 0.507 e. The van der Waals surface area contributed by atoms with Gasteiger partial charge in [-0.25, -0.2) is 0 Å². The Morgan fingerprint density at radius 2 is 2.16 bits per heavy atom. The first-order valence-corrected chi connectivity index (χ1v) is 6.11. The molecule has 0 radical (unpaired) electrons. The predicted octanol–water partition coefficient (Wildman–Crippen LogP) is 1.54. The minimum Gasteiger partial charge on any atom is -0.507 e. The highest BCUT2D eigenvalue weighted by molar-refractivity contribution is 5.69. The quantitative estimate of drug-likeness (QED) is 0.484. The van der Waals surface area contributed by atoms with E-state index in [0.29, 0.717) is 12.3 Å². The number of phenols is 1. The van der Waals surface area contributed by atoms with Crippen LogP contribution in [0.2, 0.25) is 0 Å². The number of aryl methyl sites for hydroxylation is 1. The van der Waals surface area contributed by atoms with Gasteiger partial charge in [0.25, 0.3) is 5.52 Å². The van der Waals surface area contributed by atoms with Gasteiger partial charge in [0, 0.05) is 4.85 Å². The second-order valence-corrected chi connectivity index (χ2v) is 4.74. The smallest absolute Gasteiger partial charge is 0.253 e. The van der Waals surface area contributed by atoms with Crippen LogP contribution in [0.25, 0.3) is 11.0 Å². The van der Waals surface area contributed by atoms with Gasteiger partial charge in [-0.3, -0.25) is 4.84 Å². The van der Waals surface area contributed by atoms with E-state index in [-0.39, 0.29) is 5.75 Å². The summed E-state index contributed by atoms with van der Waals surface area (Å²) >= 11 is 0. The summed E-state index contributed by atoms with van der Waals surface area (Å²) in [6.45, 7) is 2.42. The molecule has 0 fully saturated rings. The molecule has 0 saturated heterocycles. The third kappa shape index (κ3) is 1.41. The minimum atomic E-state index is 0.251. The first kappa shape index (κ1) is 10.4. The molecule has 1 aliphatic heterocycles. The minimum absolute atomic E-state index is 0.251. The molecule has 0 unspecified atom stereocenters.